The highest BCUT2D eigenvalue weighted by Gasteiger charge is 2.37. The summed E-state index contributed by atoms with van der Waals surface area (Å²) < 4.78 is 0. The molecule has 4 atom stereocenters. The molecule has 64 valence electrons. The van der Waals surface area contributed by atoms with E-state index in [1.54, 1.807) is 0 Å². The van der Waals surface area contributed by atoms with Crippen LogP contribution in [0.3, 0.4) is 0 Å². The molecule has 2 bridgehead atoms. The average molecular weight is 211 g/mol. The highest BCUT2D eigenvalue weighted by atomic mass is 35.5. The lowest BCUT2D eigenvalue weighted by Gasteiger charge is -2.39. The van der Waals surface area contributed by atoms with E-state index in [1.165, 1.54) is 25.7 Å². The summed E-state index contributed by atoms with van der Waals surface area (Å²) in [5.41, 5.74) is 0. The van der Waals surface area contributed by atoms with Gasteiger partial charge in [-0.25, -0.2) is 0 Å². The number of alkyl halides is 2. The van der Waals surface area contributed by atoms with Gasteiger partial charge in [-0.15, -0.1) is 23.2 Å². The van der Waals surface area contributed by atoms with Crippen molar-refractivity contribution in [3.63, 3.8) is 0 Å². The van der Waals surface area contributed by atoms with Gasteiger partial charge in [0.15, 0.2) is 0 Å². The van der Waals surface area contributed by atoms with Crippen LogP contribution in [0.15, 0.2) is 0 Å². The van der Waals surface area contributed by atoms with E-state index in [0.29, 0.717) is 21.3 Å². The Morgan fingerprint density at radius 3 is 1.73 bits per heavy atom. The molecule has 2 saturated heterocycles. The highest BCUT2D eigenvalue weighted by Crippen LogP contribution is 2.45. The lowest BCUT2D eigenvalue weighted by atomic mass is 9.98. The Hall–Kier alpha value is 0.930. The van der Waals surface area contributed by atoms with Crippen LogP contribution in [0.5, 0.6) is 0 Å². The number of fused-ring (bicyclic) bond motifs is 2. The third-order valence-electron chi connectivity index (χ3n) is 2.61. The second-order valence-corrected chi connectivity index (χ2v) is 6.00. The van der Waals surface area contributed by atoms with Crippen molar-refractivity contribution in [2.45, 2.75) is 46.9 Å². The van der Waals surface area contributed by atoms with Crippen LogP contribution in [0.25, 0.3) is 0 Å². The molecule has 0 N–H and O–H groups in total. The lowest BCUT2D eigenvalue weighted by molar-refractivity contribution is 0.501. The average Bonchev–Trinajstić information content (AvgIpc) is 2.02. The van der Waals surface area contributed by atoms with Crippen LogP contribution >= 0.6 is 35.0 Å². The summed E-state index contributed by atoms with van der Waals surface area (Å²) in [6.45, 7) is 0. The largest absolute Gasteiger partial charge is 0.152 e. The summed E-state index contributed by atoms with van der Waals surface area (Å²) in [4.78, 5) is 0. The van der Waals surface area contributed by atoms with Gasteiger partial charge in [-0.05, 0) is 25.7 Å². The Labute approximate surface area is 82.0 Å². The normalized spacial score (nSPS) is 50.7. The second kappa shape index (κ2) is 3.35. The molecule has 0 unspecified atom stereocenters. The van der Waals surface area contributed by atoms with Crippen molar-refractivity contribution in [2.75, 3.05) is 0 Å². The van der Waals surface area contributed by atoms with Gasteiger partial charge in [0, 0.05) is 21.3 Å². The minimum Gasteiger partial charge on any atom is -0.152 e. The van der Waals surface area contributed by atoms with E-state index in [0.717, 1.165) is 0 Å². The summed E-state index contributed by atoms with van der Waals surface area (Å²) in [5.74, 6) is 0. The fraction of sp³-hybridized carbons (Fsp3) is 1.00. The standard InChI is InChI=1S/C8H12Cl2S/c9-5-1-3-7-6(10)2-4-8(5)11-7/h5-8H,1-4H2/t5-,6-,7-,8+/m1/s1. The van der Waals surface area contributed by atoms with Gasteiger partial charge in [0.25, 0.3) is 0 Å². The molecule has 2 aliphatic heterocycles. The molecule has 0 aromatic heterocycles. The van der Waals surface area contributed by atoms with E-state index in [-0.39, 0.29) is 0 Å². The molecule has 2 fully saturated rings. The van der Waals surface area contributed by atoms with E-state index in [1.807, 2.05) is 11.8 Å². The summed E-state index contributed by atoms with van der Waals surface area (Å²) in [7, 11) is 0. The maximum absolute atomic E-state index is 6.17. The molecule has 0 radical (unpaired) electrons. The summed E-state index contributed by atoms with van der Waals surface area (Å²) in [6.07, 6.45) is 4.80. The molecule has 0 aliphatic carbocycles. The van der Waals surface area contributed by atoms with Crippen molar-refractivity contribution >= 4 is 35.0 Å². The van der Waals surface area contributed by atoms with Gasteiger partial charge in [-0.3, -0.25) is 0 Å². The molecule has 11 heavy (non-hydrogen) atoms. The Morgan fingerprint density at radius 1 is 0.818 bits per heavy atom. The zero-order chi connectivity index (χ0) is 7.84. The van der Waals surface area contributed by atoms with Gasteiger partial charge >= 0.3 is 0 Å². The van der Waals surface area contributed by atoms with E-state index < -0.39 is 0 Å². The third-order valence-corrected chi connectivity index (χ3v) is 5.78. The fourth-order valence-electron chi connectivity index (χ4n) is 1.91. The van der Waals surface area contributed by atoms with Crippen molar-refractivity contribution in [2.24, 2.45) is 0 Å². The monoisotopic (exact) mass is 210 g/mol. The third kappa shape index (κ3) is 1.66. The summed E-state index contributed by atoms with van der Waals surface area (Å²) in [5, 5.41) is 2.23. The molecule has 3 heteroatoms. The predicted molar refractivity (Wildman–Crippen MR) is 52.9 cm³/mol. The van der Waals surface area contributed by atoms with Gasteiger partial charge in [0.2, 0.25) is 0 Å². The van der Waals surface area contributed by atoms with Crippen molar-refractivity contribution < 1.29 is 0 Å². The van der Waals surface area contributed by atoms with Crippen molar-refractivity contribution in [1.82, 2.24) is 0 Å². The van der Waals surface area contributed by atoms with Crippen LogP contribution in [0.4, 0.5) is 0 Å². The van der Waals surface area contributed by atoms with E-state index in [2.05, 4.69) is 0 Å². The number of thioether (sulfide) groups is 1. The van der Waals surface area contributed by atoms with Crippen LogP contribution < -0.4 is 0 Å². The molecule has 0 saturated carbocycles. The highest BCUT2D eigenvalue weighted by molar-refractivity contribution is 8.00. The predicted octanol–water partition coefficient (Wildman–Crippen LogP) is 3.26. The topological polar surface area (TPSA) is 0 Å². The maximum Gasteiger partial charge on any atom is 0.0455 e. The minimum absolute atomic E-state index is 0.417. The van der Waals surface area contributed by atoms with Gasteiger partial charge in [-0.1, -0.05) is 0 Å². The smallest absolute Gasteiger partial charge is 0.0455 e. The van der Waals surface area contributed by atoms with Crippen LogP contribution in [0, 0.1) is 0 Å². The van der Waals surface area contributed by atoms with Gasteiger partial charge in [0.05, 0.1) is 0 Å². The first-order valence-electron chi connectivity index (χ1n) is 4.21. The first kappa shape index (κ1) is 8.52. The Kier molecular flexibility index (Phi) is 2.60. The number of rotatable bonds is 0. The Morgan fingerprint density at radius 2 is 1.27 bits per heavy atom. The molecule has 2 aliphatic rings. The van der Waals surface area contributed by atoms with Gasteiger partial charge < -0.3 is 0 Å². The van der Waals surface area contributed by atoms with Crippen LogP contribution in [0.2, 0.25) is 0 Å². The molecule has 0 aromatic rings. The minimum atomic E-state index is 0.417. The number of halogens is 2. The van der Waals surface area contributed by atoms with E-state index in [9.17, 15) is 0 Å². The quantitative estimate of drug-likeness (QED) is 0.554. The Bertz CT molecular complexity index is 135. The zero-order valence-electron chi connectivity index (χ0n) is 6.30. The van der Waals surface area contributed by atoms with Crippen LogP contribution in [-0.4, -0.2) is 21.3 Å². The van der Waals surface area contributed by atoms with Crippen molar-refractivity contribution in [1.29, 1.82) is 0 Å². The van der Waals surface area contributed by atoms with Crippen LogP contribution in [-0.2, 0) is 0 Å². The molecule has 2 rings (SSSR count). The first-order valence-corrected chi connectivity index (χ1v) is 6.02. The number of hydrogen-bond acceptors (Lipinski definition) is 1. The molecule has 2 heterocycles. The molecule has 0 spiro atoms. The molecule has 0 amide bonds. The first-order chi connectivity index (χ1) is 5.27. The van der Waals surface area contributed by atoms with E-state index in [4.69, 9.17) is 23.2 Å². The van der Waals surface area contributed by atoms with E-state index >= 15 is 0 Å². The van der Waals surface area contributed by atoms with Gasteiger partial charge in [-0.2, -0.15) is 11.8 Å². The summed E-state index contributed by atoms with van der Waals surface area (Å²) in [6, 6.07) is 0. The number of hydrogen-bond donors (Lipinski definition) is 0. The Balaban J connectivity index is 2.02. The maximum atomic E-state index is 6.17. The molecule has 0 aromatic carbocycles. The summed E-state index contributed by atoms with van der Waals surface area (Å²) >= 11 is 14.4. The molecular weight excluding hydrogens is 199 g/mol. The lowest BCUT2D eigenvalue weighted by Crippen LogP contribution is -2.37. The van der Waals surface area contributed by atoms with Crippen molar-refractivity contribution in [3.05, 3.63) is 0 Å². The molecule has 0 nitrogen and oxygen atoms in total. The molecular formula is C8H12Cl2S. The second-order valence-electron chi connectivity index (χ2n) is 3.40. The van der Waals surface area contributed by atoms with Crippen molar-refractivity contribution in [3.8, 4) is 0 Å². The SMILES string of the molecule is Cl[C@@H]1CC[C@H]2S[C@H]1CC[C@H]2Cl. The van der Waals surface area contributed by atoms with Gasteiger partial charge in [0.1, 0.15) is 0 Å². The van der Waals surface area contributed by atoms with Crippen LogP contribution in [0.1, 0.15) is 25.7 Å². The zero-order valence-corrected chi connectivity index (χ0v) is 8.63. The fourth-order valence-corrected chi connectivity index (χ4v) is 4.38.